The van der Waals surface area contributed by atoms with Crippen molar-refractivity contribution in [2.45, 2.75) is 0 Å². The van der Waals surface area contributed by atoms with Gasteiger partial charge in [-0.3, -0.25) is 0 Å². The summed E-state index contributed by atoms with van der Waals surface area (Å²) in [7, 11) is 0. The first-order valence-electron chi connectivity index (χ1n) is 6.27. The quantitative estimate of drug-likeness (QED) is 0.931. The standard InChI is InChI=1S/C16H11ClO4/c17-13-6-7-14-12(8-10(9-20-14)16(18)19)15(13)21-11-4-2-1-3-5-11/h1-8H,9H2,(H,18,19). The van der Waals surface area contributed by atoms with Crippen molar-refractivity contribution in [3.63, 3.8) is 0 Å². The van der Waals surface area contributed by atoms with Crippen molar-refractivity contribution in [3.05, 3.63) is 58.6 Å². The number of ether oxygens (including phenoxy) is 2. The van der Waals surface area contributed by atoms with E-state index in [2.05, 4.69) is 0 Å². The van der Waals surface area contributed by atoms with E-state index in [0.717, 1.165) is 0 Å². The average molecular weight is 303 g/mol. The number of halogens is 1. The Kier molecular flexibility index (Phi) is 3.54. The second kappa shape index (κ2) is 5.50. The van der Waals surface area contributed by atoms with Gasteiger partial charge in [-0.15, -0.1) is 0 Å². The number of hydrogen-bond donors (Lipinski definition) is 1. The molecule has 0 fully saturated rings. The van der Waals surface area contributed by atoms with E-state index in [4.69, 9.17) is 26.2 Å². The van der Waals surface area contributed by atoms with Gasteiger partial charge in [0, 0.05) is 0 Å². The monoisotopic (exact) mass is 302 g/mol. The highest BCUT2D eigenvalue weighted by atomic mass is 35.5. The molecule has 0 aliphatic carbocycles. The molecule has 0 spiro atoms. The Labute approximate surface area is 126 Å². The highest BCUT2D eigenvalue weighted by Crippen LogP contribution is 2.41. The lowest BCUT2D eigenvalue weighted by atomic mass is 10.1. The van der Waals surface area contributed by atoms with Gasteiger partial charge in [0.05, 0.1) is 16.2 Å². The van der Waals surface area contributed by atoms with Crippen LogP contribution in [0.1, 0.15) is 5.56 Å². The predicted molar refractivity (Wildman–Crippen MR) is 79.1 cm³/mol. The molecule has 21 heavy (non-hydrogen) atoms. The van der Waals surface area contributed by atoms with Gasteiger partial charge < -0.3 is 14.6 Å². The summed E-state index contributed by atoms with van der Waals surface area (Å²) < 4.78 is 11.2. The molecule has 0 saturated carbocycles. The van der Waals surface area contributed by atoms with Crippen LogP contribution in [0.2, 0.25) is 5.02 Å². The predicted octanol–water partition coefficient (Wildman–Crippen LogP) is 3.99. The van der Waals surface area contributed by atoms with Gasteiger partial charge in [0.2, 0.25) is 0 Å². The SMILES string of the molecule is O=C(O)C1=Cc2c(ccc(Cl)c2Oc2ccccc2)OC1. The zero-order valence-electron chi connectivity index (χ0n) is 10.9. The summed E-state index contributed by atoms with van der Waals surface area (Å²) in [6.45, 7) is 0.0226. The first-order valence-corrected chi connectivity index (χ1v) is 6.65. The van der Waals surface area contributed by atoms with Crippen LogP contribution in [0.5, 0.6) is 17.2 Å². The van der Waals surface area contributed by atoms with Crippen molar-refractivity contribution in [1.29, 1.82) is 0 Å². The highest BCUT2D eigenvalue weighted by Gasteiger charge is 2.21. The Morgan fingerprint density at radius 1 is 1.19 bits per heavy atom. The lowest BCUT2D eigenvalue weighted by Gasteiger charge is -2.19. The van der Waals surface area contributed by atoms with Crippen LogP contribution >= 0.6 is 11.6 Å². The molecular weight excluding hydrogens is 292 g/mol. The number of benzene rings is 2. The normalized spacial score (nSPS) is 12.9. The van der Waals surface area contributed by atoms with E-state index < -0.39 is 5.97 Å². The third kappa shape index (κ3) is 2.71. The van der Waals surface area contributed by atoms with Crippen LogP contribution < -0.4 is 9.47 Å². The molecule has 1 heterocycles. The van der Waals surface area contributed by atoms with Crippen LogP contribution in [-0.2, 0) is 4.79 Å². The van der Waals surface area contributed by atoms with Gasteiger partial charge in [-0.2, -0.15) is 0 Å². The van der Waals surface area contributed by atoms with Crippen molar-refractivity contribution < 1.29 is 19.4 Å². The van der Waals surface area contributed by atoms with E-state index in [1.165, 1.54) is 6.08 Å². The summed E-state index contributed by atoms with van der Waals surface area (Å²) in [6.07, 6.45) is 1.53. The molecule has 0 bridgehead atoms. The fourth-order valence-corrected chi connectivity index (χ4v) is 2.23. The lowest BCUT2D eigenvalue weighted by Crippen LogP contribution is -2.14. The topological polar surface area (TPSA) is 55.8 Å². The minimum absolute atomic E-state index is 0.0226. The number of fused-ring (bicyclic) bond motifs is 1. The minimum atomic E-state index is -1.02. The Morgan fingerprint density at radius 3 is 2.67 bits per heavy atom. The van der Waals surface area contributed by atoms with Crippen molar-refractivity contribution >= 4 is 23.6 Å². The number of aliphatic carboxylic acids is 1. The second-order valence-corrected chi connectivity index (χ2v) is 4.87. The molecule has 106 valence electrons. The number of rotatable bonds is 3. The molecule has 2 aromatic carbocycles. The van der Waals surface area contributed by atoms with Crippen molar-refractivity contribution in [2.24, 2.45) is 0 Å². The largest absolute Gasteiger partial charge is 0.488 e. The van der Waals surface area contributed by atoms with Crippen molar-refractivity contribution in [1.82, 2.24) is 0 Å². The van der Waals surface area contributed by atoms with Crippen LogP contribution in [0.4, 0.5) is 0 Å². The fourth-order valence-electron chi connectivity index (χ4n) is 2.02. The number of carbonyl (C=O) groups is 1. The molecule has 4 nitrogen and oxygen atoms in total. The summed E-state index contributed by atoms with van der Waals surface area (Å²) in [5, 5.41) is 9.48. The molecular formula is C16H11ClO4. The summed E-state index contributed by atoms with van der Waals surface area (Å²) >= 11 is 6.18. The van der Waals surface area contributed by atoms with Gasteiger partial charge in [-0.25, -0.2) is 4.79 Å². The van der Waals surface area contributed by atoms with Gasteiger partial charge in [-0.05, 0) is 30.3 Å². The van der Waals surface area contributed by atoms with Gasteiger partial charge in [-0.1, -0.05) is 29.8 Å². The maximum atomic E-state index is 11.1. The second-order valence-electron chi connectivity index (χ2n) is 4.47. The van der Waals surface area contributed by atoms with Gasteiger partial charge >= 0.3 is 5.97 Å². The van der Waals surface area contributed by atoms with Crippen LogP contribution in [0, 0.1) is 0 Å². The molecule has 1 N–H and O–H groups in total. The number of carboxylic acids is 1. The maximum Gasteiger partial charge on any atom is 0.335 e. The third-order valence-corrected chi connectivity index (χ3v) is 3.35. The number of para-hydroxylation sites is 1. The molecule has 0 aromatic heterocycles. The fraction of sp³-hybridized carbons (Fsp3) is 0.0625. The van der Waals surface area contributed by atoms with E-state index in [0.29, 0.717) is 27.8 Å². The number of hydrogen-bond acceptors (Lipinski definition) is 3. The summed E-state index contributed by atoms with van der Waals surface area (Å²) in [6, 6.07) is 12.5. The first kappa shape index (κ1) is 13.5. The summed E-state index contributed by atoms with van der Waals surface area (Å²) in [5.74, 6) is 0.532. The molecule has 0 radical (unpaired) electrons. The molecule has 0 amide bonds. The molecule has 0 saturated heterocycles. The van der Waals surface area contributed by atoms with E-state index in [9.17, 15) is 4.79 Å². The maximum absolute atomic E-state index is 11.1. The zero-order chi connectivity index (χ0) is 14.8. The average Bonchev–Trinajstić information content (AvgIpc) is 2.50. The van der Waals surface area contributed by atoms with Crippen LogP contribution in [0.3, 0.4) is 0 Å². The van der Waals surface area contributed by atoms with Gasteiger partial charge in [0.15, 0.2) is 5.75 Å². The smallest absolute Gasteiger partial charge is 0.335 e. The lowest BCUT2D eigenvalue weighted by molar-refractivity contribution is -0.132. The molecule has 1 aliphatic heterocycles. The zero-order valence-corrected chi connectivity index (χ0v) is 11.6. The van der Waals surface area contributed by atoms with Crippen LogP contribution in [-0.4, -0.2) is 17.7 Å². The van der Waals surface area contributed by atoms with Crippen LogP contribution in [0.25, 0.3) is 6.08 Å². The van der Waals surface area contributed by atoms with E-state index >= 15 is 0 Å². The van der Waals surface area contributed by atoms with Crippen LogP contribution in [0.15, 0.2) is 48.0 Å². The third-order valence-electron chi connectivity index (χ3n) is 3.05. The number of carboxylic acid groups (broad SMARTS) is 1. The Bertz CT molecular complexity index is 723. The Morgan fingerprint density at radius 2 is 1.95 bits per heavy atom. The molecule has 3 rings (SSSR count). The molecule has 2 aromatic rings. The van der Waals surface area contributed by atoms with E-state index in [1.807, 2.05) is 18.2 Å². The van der Waals surface area contributed by atoms with E-state index in [1.54, 1.807) is 24.3 Å². The molecule has 1 aliphatic rings. The minimum Gasteiger partial charge on any atom is -0.488 e. The summed E-state index contributed by atoms with van der Waals surface area (Å²) in [4.78, 5) is 11.1. The molecule has 5 heteroatoms. The Hall–Kier alpha value is -2.46. The van der Waals surface area contributed by atoms with E-state index in [-0.39, 0.29) is 12.2 Å². The van der Waals surface area contributed by atoms with Crippen molar-refractivity contribution in [2.75, 3.05) is 6.61 Å². The first-order chi connectivity index (χ1) is 10.1. The Balaban J connectivity index is 2.07. The van der Waals surface area contributed by atoms with Crippen molar-refractivity contribution in [3.8, 4) is 17.2 Å². The molecule has 0 atom stereocenters. The van der Waals surface area contributed by atoms with Gasteiger partial charge in [0.25, 0.3) is 0 Å². The van der Waals surface area contributed by atoms with Gasteiger partial charge in [0.1, 0.15) is 18.1 Å². The molecule has 0 unspecified atom stereocenters. The summed E-state index contributed by atoms with van der Waals surface area (Å²) in [5.41, 5.74) is 0.692. The highest BCUT2D eigenvalue weighted by molar-refractivity contribution is 6.32.